The van der Waals surface area contributed by atoms with E-state index in [-0.39, 0.29) is 144 Å². The van der Waals surface area contributed by atoms with E-state index in [0.717, 1.165) is 0 Å². The smallest absolute Gasteiger partial charge is 2.00 e. The number of rotatable bonds is 0. The largest absolute Gasteiger partial charge is 2.00 e. The first-order valence-electron chi connectivity index (χ1n) is 0. The Kier molecular flexibility index (Phi) is 174. The number of hydrogen-bond donors (Lipinski definition) is 0. The van der Waals surface area contributed by atoms with Gasteiger partial charge in [0.15, 0.2) is 0 Å². The van der Waals surface area contributed by atoms with E-state index in [2.05, 4.69) is 0 Å². The predicted octanol–water partition coefficient (Wildman–Crippen LogP) is -6.23. The Bertz CT molecular complexity index is 7.61. The summed E-state index contributed by atoms with van der Waals surface area (Å²) < 4.78 is 0. The minimum Gasteiger partial charge on any atom is -2.00 e. The molecule has 0 aliphatic carbocycles. The SMILES string of the molecule is [Mn+2].[O-2].[O-2].[Rb+].[Rb+]. The molecule has 0 aromatic heterocycles. The van der Waals surface area contributed by atoms with Gasteiger partial charge in [-0.3, -0.25) is 0 Å². The molecule has 0 fully saturated rings. The first-order chi connectivity index (χ1) is 0. The standard InChI is InChI=1S/Mn.2O.2Rb/q+2;2*-2;2*+1. The Labute approximate surface area is 140 Å². The van der Waals surface area contributed by atoms with Crippen LogP contribution in [0.15, 0.2) is 0 Å². The van der Waals surface area contributed by atoms with Crippen LogP contribution in [0.3, 0.4) is 0 Å². The zero-order chi connectivity index (χ0) is 0. The summed E-state index contributed by atoms with van der Waals surface area (Å²) in [5.74, 6) is 0. The first kappa shape index (κ1) is 35.8. The Morgan fingerprint density at radius 1 is 0.600 bits per heavy atom. The molecule has 0 N–H and O–H groups in total. The van der Waals surface area contributed by atoms with Crippen molar-refractivity contribution in [3.8, 4) is 0 Å². The van der Waals surface area contributed by atoms with Crippen LogP contribution in [0.25, 0.3) is 0 Å². The van der Waals surface area contributed by atoms with Crippen LogP contribution < -0.4 is 116 Å². The molecule has 21 valence electrons. The van der Waals surface area contributed by atoms with Crippen molar-refractivity contribution in [2.24, 2.45) is 0 Å². The van der Waals surface area contributed by atoms with Crippen molar-refractivity contribution in [2.75, 3.05) is 0 Å². The Balaban J connectivity index is 0. The molecule has 0 bridgehead atoms. The molecule has 0 unspecified atom stereocenters. The van der Waals surface area contributed by atoms with Gasteiger partial charge in [0.1, 0.15) is 0 Å². The normalized spacial score (nSPS) is 0. The zero-order valence-electron chi connectivity index (χ0n) is 3.19. The summed E-state index contributed by atoms with van der Waals surface area (Å²) in [7, 11) is 0. The molecule has 0 atom stereocenters. The maximum absolute atomic E-state index is 0. The van der Waals surface area contributed by atoms with E-state index < -0.39 is 0 Å². The molecule has 0 aromatic rings. The van der Waals surface area contributed by atoms with E-state index in [1.54, 1.807) is 0 Å². The van der Waals surface area contributed by atoms with Crippen molar-refractivity contribution in [2.45, 2.75) is 0 Å². The summed E-state index contributed by atoms with van der Waals surface area (Å²) in [4.78, 5) is 0. The van der Waals surface area contributed by atoms with Crippen LogP contribution in [0.1, 0.15) is 0 Å². The summed E-state index contributed by atoms with van der Waals surface area (Å²) >= 11 is 0. The molecule has 0 saturated heterocycles. The summed E-state index contributed by atoms with van der Waals surface area (Å²) in [6.07, 6.45) is 0. The second-order valence-corrected chi connectivity index (χ2v) is 0. The average molecular weight is 258 g/mol. The second kappa shape index (κ2) is 24.4. The molecule has 5 heavy (non-hydrogen) atoms. The molecular formula is MnO2Rb2. The third-order valence-corrected chi connectivity index (χ3v) is 0. The third-order valence-electron chi connectivity index (χ3n) is 0. The van der Waals surface area contributed by atoms with Gasteiger partial charge < -0.3 is 11.0 Å². The van der Waals surface area contributed by atoms with Gasteiger partial charge in [0.2, 0.25) is 0 Å². The molecule has 0 aliphatic heterocycles. The molecule has 0 rings (SSSR count). The Hall–Kier alpha value is 4.05. The molecule has 0 aromatic carbocycles. The van der Waals surface area contributed by atoms with E-state index in [1.807, 2.05) is 0 Å². The van der Waals surface area contributed by atoms with Gasteiger partial charge in [-0.2, -0.15) is 0 Å². The van der Waals surface area contributed by atoms with Crippen LogP contribution in [-0.2, 0) is 28.0 Å². The quantitative estimate of drug-likeness (QED) is 0.388. The van der Waals surface area contributed by atoms with Crippen molar-refractivity contribution in [3.05, 3.63) is 0 Å². The van der Waals surface area contributed by atoms with Gasteiger partial charge in [0.05, 0.1) is 0 Å². The first-order valence-corrected chi connectivity index (χ1v) is 0. The minimum atomic E-state index is 0. The minimum absolute atomic E-state index is 0. The Morgan fingerprint density at radius 2 is 0.600 bits per heavy atom. The van der Waals surface area contributed by atoms with Gasteiger partial charge in [-0.1, -0.05) is 0 Å². The third kappa shape index (κ3) is 18.0. The summed E-state index contributed by atoms with van der Waals surface area (Å²) in [6, 6.07) is 0. The van der Waals surface area contributed by atoms with Gasteiger partial charge in [-0.05, 0) is 0 Å². The summed E-state index contributed by atoms with van der Waals surface area (Å²) in [5, 5.41) is 0. The van der Waals surface area contributed by atoms with Crippen LogP contribution in [0.5, 0.6) is 0 Å². The molecular weight excluding hydrogens is 258 g/mol. The number of hydrogen-bond acceptors (Lipinski definition) is 0. The fourth-order valence-electron chi connectivity index (χ4n) is 0. The molecule has 0 amide bonds. The van der Waals surface area contributed by atoms with E-state index >= 15 is 0 Å². The van der Waals surface area contributed by atoms with Gasteiger partial charge in [0.25, 0.3) is 0 Å². The van der Waals surface area contributed by atoms with Crippen LogP contribution in [0.2, 0.25) is 0 Å². The van der Waals surface area contributed by atoms with Gasteiger partial charge in [-0.25, -0.2) is 0 Å². The second-order valence-electron chi connectivity index (χ2n) is 0. The Morgan fingerprint density at radius 3 is 0.600 bits per heavy atom. The van der Waals surface area contributed by atoms with Gasteiger partial charge >= 0.3 is 133 Å². The van der Waals surface area contributed by atoms with Crippen molar-refractivity contribution in [3.63, 3.8) is 0 Å². The van der Waals surface area contributed by atoms with E-state index in [9.17, 15) is 0 Å². The zero-order valence-corrected chi connectivity index (χ0v) is 14.2. The van der Waals surface area contributed by atoms with E-state index in [4.69, 9.17) is 0 Å². The van der Waals surface area contributed by atoms with E-state index in [1.165, 1.54) is 0 Å². The van der Waals surface area contributed by atoms with E-state index in [0.29, 0.717) is 0 Å². The maximum Gasteiger partial charge on any atom is 2.00 e. The fourth-order valence-corrected chi connectivity index (χ4v) is 0. The van der Waals surface area contributed by atoms with Crippen LogP contribution in [0, 0.1) is 0 Å². The molecule has 0 heterocycles. The summed E-state index contributed by atoms with van der Waals surface area (Å²) in [5.41, 5.74) is 0. The molecule has 0 aliphatic rings. The molecule has 0 saturated carbocycles. The summed E-state index contributed by atoms with van der Waals surface area (Å²) in [6.45, 7) is 0. The van der Waals surface area contributed by atoms with Crippen molar-refractivity contribution >= 4 is 0 Å². The monoisotopic (exact) mass is 257 g/mol. The molecule has 1 radical (unpaired) electrons. The van der Waals surface area contributed by atoms with Gasteiger partial charge in [0, 0.05) is 0 Å². The van der Waals surface area contributed by atoms with Crippen molar-refractivity contribution in [1.29, 1.82) is 0 Å². The molecule has 5 heteroatoms. The average Bonchev–Trinajstić information content (AvgIpc) is 0. The van der Waals surface area contributed by atoms with Gasteiger partial charge in [-0.15, -0.1) is 0 Å². The predicted molar refractivity (Wildman–Crippen MR) is 1.37 cm³/mol. The van der Waals surface area contributed by atoms with Crippen LogP contribution in [0.4, 0.5) is 0 Å². The van der Waals surface area contributed by atoms with Crippen molar-refractivity contribution < 1.29 is 144 Å². The van der Waals surface area contributed by atoms with Crippen molar-refractivity contribution in [1.82, 2.24) is 0 Å². The van der Waals surface area contributed by atoms with Crippen LogP contribution in [-0.4, -0.2) is 0 Å². The van der Waals surface area contributed by atoms with Crippen LogP contribution >= 0.6 is 0 Å². The molecule has 2 nitrogen and oxygen atoms in total. The maximum atomic E-state index is 0. The topological polar surface area (TPSA) is 57.0 Å². The molecule has 0 spiro atoms. The fraction of sp³-hybridized carbons (Fsp3) is 0.